The first-order valence-corrected chi connectivity index (χ1v) is 6.54. The molecule has 1 aliphatic heterocycles. The molecule has 1 aliphatic rings. The van der Waals surface area contributed by atoms with Gasteiger partial charge in [0.15, 0.2) is 0 Å². The van der Waals surface area contributed by atoms with Crippen LogP contribution in [0, 0.1) is 12.3 Å². The molecule has 0 bridgehead atoms. The summed E-state index contributed by atoms with van der Waals surface area (Å²) >= 11 is 0. The molecule has 1 rings (SSSR count). The van der Waals surface area contributed by atoms with Crippen molar-refractivity contribution in [2.24, 2.45) is 0 Å². The Morgan fingerprint density at radius 1 is 1.44 bits per heavy atom. The molecule has 0 aromatic heterocycles. The summed E-state index contributed by atoms with van der Waals surface area (Å²) in [6.45, 7) is 7.17. The lowest BCUT2D eigenvalue weighted by molar-refractivity contribution is 0.0843. The molecule has 2 unspecified atom stereocenters. The van der Waals surface area contributed by atoms with Crippen LogP contribution in [-0.2, 0) is 0 Å². The Labute approximate surface area is 101 Å². The fourth-order valence-electron chi connectivity index (χ4n) is 2.91. The van der Waals surface area contributed by atoms with Gasteiger partial charge < -0.3 is 5.32 Å². The second kappa shape index (κ2) is 6.27. The Morgan fingerprint density at radius 2 is 2.06 bits per heavy atom. The van der Waals surface area contributed by atoms with Crippen LogP contribution in [0.2, 0.25) is 0 Å². The number of nitrogens with one attached hydrogen (secondary N) is 1. The molecule has 0 radical (unpaired) electrons. The van der Waals surface area contributed by atoms with Crippen molar-refractivity contribution in [3.8, 4) is 12.3 Å². The third-order valence-electron chi connectivity index (χ3n) is 4.22. The second-order valence-electron chi connectivity index (χ2n) is 4.99. The van der Waals surface area contributed by atoms with Crippen LogP contribution in [0.1, 0.15) is 46.0 Å². The van der Waals surface area contributed by atoms with Gasteiger partial charge in [-0.3, -0.25) is 4.90 Å². The van der Waals surface area contributed by atoms with E-state index in [2.05, 4.69) is 37.0 Å². The minimum Gasteiger partial charge on any atom is -0.315 e. The molecule has 1 saturated heterocycles. The van der Waals surface area contributed by atoms with E-state index in [1.54, 1.807) is 0 Å². The molecule has 0 aromatic rings. The lowest BCUT2D eigenvalue weighted by atomic mass is 9.85. The van der Waals surface area contributed by atoms with E-state index in [4.69, 9.17) is 6.42 Å². The van der Waals surface area contributed by atoms with Crippen molar-refractivity contribution in [2.45, 2.75) is 57.5 Å². The van der Waals surface area contributed by atoms with Gasteiger partial charge in [0.2, 0.25) is 0 Å². The molecule has 16 heavy (non-hydrogen) atoms. The number of nitrogens with zero attached hydrogens (tertiary/aromatic N) is 1. The molecule has 0 saturated carbocycles. The van der Waals surface area contributed by atoms with Crippen LogP contribution in [-0.4, -0.2) is 36.6 Å². The third-order valence-corrected chi connectivity index (χ3v) is 4.22. The van der Waals surface area contributed by atoms with Crippen LogP contribution in [0.15, 0.2) is 0 Å². The summed E-state index contributed by atoms with van der Waals surface area (Å²) in [6.07, 6.45) is 11.2. The van der Waals surface area contributed by atoms with E-state index in [9.17, 15) is 0 Å². The largest absolute Gasteiger partial charge is 0.315 e. The van der Waals surface area contributed by atoms with Crippen LogP contribution < -0.4 is 5.32 Å². The second-order valence-corrected chi connectivity index (χ2v) is 4.99. The van der Waals surface area contributed by atoms with E-state index in [0.717, 1.165) is 12.8 Å². The molecule has 2 heteroatoms. The van der Waals surface area contributed by atoms with E-state index < -0.39 is 0 Å². The van der Waals surface area contributed by atoms with Gasteiger partial charge in [0.05, 0.1) is 0 Å². The predicted molar refractivity (Wildman–Crippen MR) is 70.4 cm³/mol. The molecule has 92 valence electrons. The molecular weight excluding hydrogens is 196 g/mol. The van der Waals surface area contributed by atoms with Crippen LogP contribution >= 0.6 is 0 Å². The van der Waals surface area contributed by atoms with Gasteiger partial charge in [-0.05, 0) is 52.7 Å². The van der Waals surface area contributed by atoms with Crippen LogP contribution in [0.4, 0.5) is 0 Å². The van der Waals surface area contributed by atoms with E-state index >= 15 is 0 Å². The Bertz CT molecular complexity index is 238. The van der Waals surface area contributed by atoms with Gasteiger partial charge in [-0.1, -0.05) is 6.92 Å². The maximum atomic E-state index is 5.38. The van der Waals surface area contributed by atoms with Crippen molar-refractivity contribution in [1.29, 1.82) is 0 Å². The summed E-state index contributed by atoms with van der Waals surface area (Å²) in [7, 11) is 2.06. The number of hydrogen-bond donors (Lipinski definition) is 1. The summed E-state index contributed by atoms with van der Waals surface area (Å²) in [5, 5.41) is 3.47. The molecule has 2 nitrogen and oxygen atoms in total. The van der Waals surface area contributed by atoms with E-state index in [0.29, 0.717) is 6.04 Å². The van der Waals surface area contributed by atoms with Gasteiger partial charge in [-0.2, -0.15) is 0 Å². The molecule has 2 atom stereocenters. The van der Waals surface area contributed by atoms with Crippen molar-refractivity contribution >= 4 is 0 Å². The summed E-state index contributed by atoms with van der Waals surface area (Å²) in [6, 6.07) is 0.506. The highest BCUT2D eigenvalue weighted by Crippen LogP contribution is 2.29. The van der Waals surface area contributed by atoms with E-state index in [-0.39, 0.29) is 5.54 Å². The van der Waals surface area contributed by atoms with Gasteiger partial charge in [-0.25, -0.2) is 0 Å². The lowest BCUT2D eigenvalue weighted by Crippen LogP contribution is -2.57. The number of rotatable bonds is 6. The topological polar surface area (TPSA) is 15.3 Å². The monoisotopic (exact) mass is 222 g/mol. The molecule has 0 aromatic carbocycles. The normalized spacial score (nSPS) is 22.6. The smallest absolute Gasteiger partial charge is 0.0331 e. The molecule has 0 spiro atoms. The summed E-state index contributed by atoms with van der Waals surface area (Å²) in [4.78, 5) is 2.64. The van der Waals surface area contributed by atoms with Crippen molar-refractivity contribution < 1.29 is 0 Å². The molecule has 0 aliphatic carbocycles. The highest BCUT2D eigenvalue weighted by molar-refractivity contribution is 4.99. The highest BCUT2D eigenvalue weighted by atomic mass is 15.2. The summed E-state index contributed by atoms with van der Waals surface area (Å²) in [5.74, 6) is 2.76. The molecule has 1 heterocycles. The van der Waals surface area contributed by atoms with Gasteiger partial charge in [0.25, 0.3) is 0 Å². The van der Waals surface area contributed by atoms with Crippen LogP contribution in [0.3, 0.4) is 0 Å². The zero-order chi connectivity index (χ0) is 12.0. The maximum Gasteiger partial charge on any atom is 0.0331 e. The molecular formula is C14H26N2. The fourth-order valence-corrected chi connectivity index (χ4v) is 2.91. The first-order valence-electron chi connectivity index (χ1n) is 6.54. The number of likely N-dealkylation sites (N-methyl/N-ethyl adjacent to an activating group) is 1. The van der Waals surface area contributed by atoms with E-state index in [1.165, 1.54) is 32.4 Å². The van der Waals surface area contributed by atoms with Crippen LogP contribution in [0.25, 0.3) is 0 Å². The zero-order valence-corrected chi connectivity index (χ0v) is 11.1. The quantitative estimate of drug-likeness (QED) is 0.694. The molecule has 0 amide bonds. The summed E-state index contributed by atoms with van der Waals surface area (Å²) in [5.41, 5.74) is 0.266. The minimum absolute atomic E-state index is 0.266. The average molecular weight is 222 g/mol. The molecule has 1 fully saturated rings. The third kappa shape index (κ3) is 2.78. The van der Waals surface area contributed by atoms with Crippen molar-refractivity contribution in [3.63, 3.8) is 0 Å². The maximum absolute atomic E-state index is 5.38. The number of hydrogen-bond acceptors (Lipinski definition) is 2. The van der Waals surface area contributed by atoms with Crippen LogP contribution in [0.5, 0.6) is 0 Å². The predicted octanol–water partition coefficient (Wildman–Crippen LogP) is 2.25. The van der Waals surface area contributed by atoms with E-state index in [1.807, 2.05) is 0 Å². The van der Waals surface area contributed by atoms with Crippen molar-refractivity contribution in [1.82, 2.24) is 10.2 Å². The SMILES string of the molecule is C#CCCC(NC)C(C)(CC)N1CCCC1. The Morgan fingerprint density at radius 3 is 2.50 bits per heavy atom. The summed E-state index contributed by atoms with van der Waals surface area (Å²) < 4.78 is 0. The zero-order valence-electron chi connectivity index (χ0n) is 11.1. The Kier molecular flexibility index (Phi) is 5.31. The first-order chi connectivity index (χ1) is 7.69. The molecule has 1 N–H and O–H groups in total. The Hall–Kier alpha value is -0.520. The number of likely N-dealkylation sites (tertiary alicyclic amines) is 1. The van der Waals surface area contributed by atoms with Crippen molar-refractivity contribution in [3.05, 3.63) is 0 Å². The standard InChI is InChI=1S/C14H26N2/c1-5-7-10-13(15-4)14(3,6-2)16-11-8-9-12-16/h1,13,15H,6-12H2,2-4H3. The average Bonchev–Trinajstić information content (AvgIpc) is 2.83. The minimum atomic E-state index is 0.266. The van der Waals surface area contributed by atoms with Crippen molar-refractivity contribution in [2.75, 3.05) is 20.1 Å². The Balaban J connectivity index is 2.70. The van der Waals surface area contributed by atoms with Gasteiger partial charge >= 0.3 is 0 Å². The fraction of sp³-hybridized carbons (Fsp3) is 0.857. The highest BCUT2D eigenvalue weighted by Gasteiger charge is 2.38. The first kappa shape index (κ1) is 13.5. The van der Waals surface area contributed by atoms with Gasteiger partial charge in [-0.15, -0.1) is 12.3 Å². The number of terminal acetylenes is 1. The van der Waals surface area contributed by atoms with Gasteiger partial charge in [0, 0.05) is 18.0 Å². The lowest BCUT2D eigenvalue weighted by Gasteiger charge is -2.44. The van der Waals surface area contributed by atoms with Gasteiger partial charge in [0.1, 0.15) is 0 Å².